The number of rotatable bonds is 22. The highest BCUT2D eigenvalue weighted by molar-refractivity contribution is 7.13. The molecule has 120 heavy (non-hydrogen) atoms. The van der Waals surface area contributed by atoms with Gasteiger partial charge in [0.25, 0.3) is 0 Å². The van der Waals surface area contributed by atoms with E-state index in [1.165, 1.54) is 4.90 Å². The van der Waals surface area contributed by atoms with Crippen molar-refractivity contribution in [2.45, 2.75) is 205 Å². The van der Waals surface area contributed by atoms with Crippen molar-refractivity contribution >= 4 is 46.7 Å². The SMILES string of the molecule is Cc1ncsc1-c1ccc([C@H](C)NC(=O)[C@@H]2C[C@@H](O)CN2C(=O)[C@@H](c2cc(N3CCC(C(Nc4nnc(-c5ccccc5O)cc4-c4cnn(C(C)[C@@H]5CN(C6CC7(CCN(C(=O)OC(C)(C)C)CC7)C6)CCO5)c4)N4CCC5(CC4)CC(N4CCO[C@H](C(C)n6cc(-c7cc(-c8ccccc8O)nnc7N)cn6)C4)C5)CC3)no2)C(C)C)cc1. The summed E-state index contributed by atoms with van der Waals surface area (Å²) in [5.41, 5.74) is 16.5. The van der Waals surface area contributed by atoms with Crippen molar-refractivity contribution in [1.82, 2.24) is 79.9 Å². The van der Waals surface area contributed by atoms with E-state index in [1.54, 1.807) is 47.9 Å². The molecule has 8 fully saturated rings. The van der Waals surface area contributed by atoms with Crippen LogP contribution >= 0.6 is 11.3 Å². The second kappa shape index (κ2) is 34.2. The van der Waals surface area contributed by atoms with E-state index in [2.05, 4.69) is 70.6 Å². The number of nitrogens with one attached hydrogen (secondary N) is 2. The van der Waals surface area contributed by atoms with Crippen molar-refractivity contribution in [3.05, 3.63) is 138 Å². The van der Waals surface area contributed by atoms with Gasteiger partial charge in [0.15, 0.2) is 23.2 Å². The van der Waals surface area contributed by atoms with E-state index >= 15 is 4.79 Å². The monoisotopic (exact) mass is 1650 g/mol. The first-order valence-electron chi connectivity index (χ1n) is 43.2. The number of para-hydroxylation sites is 2. The topological polar surface area (TPSA) is 335 Å². The Balaban J connectivity index is 0.588. The zero-order chi connectivity index (χ0) is 83.5. The van der Waals surface area contributed by atoms with Crippen LogP contribution in [-0.2, 0) is 23.8 Å². The molecule has 2 spiro atoms. The Hall–Kier alpha value is -9.95. The molecule has 3 unspecified atom stereocenters. The van der Waals surface area contributed by atoms with E-state index in [1.807, 2.05) is 141 Å². The number of piperidine rings is 3. The van der Waals surface area contributed by atoms with Gasteiger partial charge in [0.1, 0.15) is 29.1 Å². The number of morpholine rings is 2. The fourth-order valence-electron chi connectivity index (χ4n) is 20.1. The number of likely N-dealkylation sites (tertiary alicyclic amines) is 3. The van der Waals surface area contributed by atoms with Crippen molar-refractivity contribution in [2.24, 2.45) is 22.7 Å². The number of phenols is 2. The summed E-state index contributed by atoms with van der Waals surface area (Å²) in [6.45, 7) is 27.1. The average Bonchev–Trinajstić information content (AvgIpc) is 1.21. The Labute approximate surface area is 705 Å². The number of aliphatic hydroxyl groups excluding tert-OH is 1. The second-order valence-corrected chi connectivity index (χ2v) is 37.5. The van der Waals surface area contributed by atoms with Crippen molar-refractivity contribution in [2.75, 3.05) is 101 Å². The number of aromatic nitrogens is 10. The number of aryl methyl sites for hydroxylation is 1. The number of thiazole rings is 1. The van der Waals surface area contributed by atoms with Crippen LogP contribution in [0.15, 0.2) is 126 Å². The van der Waals surface area contributed by atoms with E-state index < -0.39 is 23.7 Å². The fourth-order valence-corrected chi connectivity index (χ4v) is 20.9. The molecular formula is C90H115N19O10S. The number of carbonyl (C=O) groups is 3. The molecule has 29 nitrogen and oxygen atoms in total. The molecule has 2 aliphatic carbocycles. The van der Waals surface area contributed by atoms with Crippen molar-refractivity contribution < 1.29 is 48.4 Å². The summed E-state index contributed by atoms with van der Waals surface area (Å²) >= 11 is 1.59. The van der Waals surface area contributed by atoms with Crippen LogP contribution in [0.25, 0.3) is 55.2 Å². The number of anilines is 3. The molecule has 30 heteroatoms. The number of β-amino-alcohol motifs (C(OH)–C–C–N with tert-alkyl or cyclic N) is 1. The highest BCUT2D eigenvalue weighted by Crippen LogP contribution is 2.54. The first-order valence-corrected chi connectivity index (χ1v) is 44.0. The van der Waals surface area contributed by atoms with Crippen LogP contribution in [0.4, 0.5) is 22.2 Å². The number of benzene rings is 3. The van der Waals surface area contributed by atoms with Gasteiger partial charge in [-0.15, -0.1) is 31.7 Å². The number of hydrogen-bond acceptors (Lipinski definition) is 25. The minimum Gasteiger partial charge on any atom is -0.507 e. The summed E-state index contributed by atoms with van der Waals surface area (Å²) in [7, 11) is 0. The summed E-state index contributed by atoms with van der Waals surface area (Å²) in [4.78, 5) is 61.3. The van der Waals surface area contributed by atoms with Gasteiger partial charge < -0.3 is 65.1 Å². The van der Waals surface area contributed by atoms with Crippen LogP contribution in [-0.4, -0.2) is 241 Å². The molecule has 9 aromatic rings. The van der Waals surface area contributed by atoms with Crippen LogP contribution < -0.4 is 21.3 Å². The summed E-state index contributed by atoms with van der Waals surface area (Å²) < 4.78 is 29.1. The number of carbonyl (C=O) groups excluding carboxylic acids is 3. The third-order valence-electron chi connectivity index (χ3n) is 27.4. The molecule has 3 amide bonds. The van der Waals surface area contributed by atoms with Crippen molar-refractivity contribution in [3.8, 4) is 66.7 Å². The molecule has 9 atom stereocenters. The Morgan fingerprint density at radius 1 is 0.667 bits per heavy atom. The standard InChI is InChI=1S/C90H115N19O10S/c1-54(2)80(86(114)107-50-66(110)38-73(107)85(113)95-55(3)59-18-20-60(21-19-59)81-56(4)92-53-120-81)76-41-79(101-119-76)102-28-22-61(23-29-102)84(103-30-24-89(25-31-103)42-64(43-89)105-34-36-116-77(51-105)57(5)108-48-62(46-93-108)69-39-71(97-99-82(69)91)67-14-10-12-16-74(67)111)96-83-70(40-72(98-100-83)68-15-11-13-17-75(68)112)63-47-94-109(49-63)58(6)78-52-106(35-37-117-78)65-44-90(45-65)26-32-104(33-27-90)87(115)118-88(7,8)9/h10-21,39-41,46-49,53-55,57-58,61,64-66,73,77-78,80,84,110-112H,22-38,42-45,50-52H2,1-9H3,(H2,91,99)(H,95,113)(H,96,100)/t55-,57?,58?,66+,73-,77-,78-,80+,84?/m0/s1. The normalized spacial score (nSPS) is 22.9. The molecule has 2 saturated carbocycles. The summed E-state index contributed by atoms with van der Waals surface area (Å²) in [6.07, 6.45) is 16.5. The molecule has 12 heterocycles. The predicted molar refractivity (Wildman–Crippen MR) is 457 cm³/mol. The van der Waals surface area contributed by atoms with Crippen LogP contribution in [0, 0.1) is 29.6 Å². The van der Waals surface area contributed by atoms with E-state index in [4.69, 9.17) is 44.9 Å². The number of nitrogen functional groups attached to an aromatic ring is 1. The lowest BCUT2D eigenvalue weighted by atomic mass is 9.59. The number of hydrogen-bond donors (Lipinski definition) is 6. The maximum absolute atomic E-state index is 15.0. The van der Waals surface area contributed by atoms with E-state index in [-0.39, 0.29) is 107 Å². The highest BCUT2D eigenvalue weighted by Gasteiger charge is 2.52. The Kier molecular flexibility index (Phi) is 23.4. The predicted octanol–water partition coefficient (Wildman–Crippen LogP) is 12.6. The lowest BCUT2D eigenvalue weighted by Crippen LogP contribution is -2.60. The van der Waals surface area contributed by atoms with Crippen LogP contribution in [0.5, 0.6) is 11.5 Å². The van der Waals surface area contributed by atoms with E-state index in [0.717, 1.165) is 155 Å². The highest BCUT2D eigenvalue weighted by atomic mass is 32.1. The minimum atomic E-state index is -0.879. The molecule has 3 aromatic carbocycles. The number of phenolic OH excluding ortho intramolecular Hbond substituents is 2. The number of nitrogens with zero attached hydrogens (tertiary/aromatic N) is 16. The maximum Gasteiger partial charge on any atom is 0.410 e. The summed E-state index contributed by atoms with van der Waals surface area (Å²) in [5, 5.41) is 73.5. The zero-order valence-electron chi connectivity index (χ0n) is 70.4. The molecule has 6 saturated heterocycles. The van der Waals surface area contributed by atoms with Gasteiger partial charge in [-0.05, 0) is 183 Å². The lowest BCUT2D eigenvalue weighted by Gasteiger charge is -2.57. The van der Waals surface area contributed by atoms with Gasteiger partial charge in [0, 0.05) is 142 Å². The minimum absolute atomic E-state index is 0.0244. The average molecular weight is 1660 g/mol. The Morgan fingerprint density at radius 3 is 1.80 bits per heavy atom. The van der Waals surface area contributed by atoms with Gasteiger partial charge in [-0.25, -0.2) is 9.78 Å². The number of amides is 3. The van der Waals surface area contributed by atoms with Gasteiger partial charge in [-0.3, -0.25) is 33.7 Å². The maximum atomic E-state index is 15.0. The molecule has 0 bridgehead atoms. The third kappa shape index (κ3) is 17.2. The largest absolute Gasteiger partial charge is 0.507 e. The van der Waals surface area contributed by atoms with Crippen LogP contribution in [0.1, 0.15) is 167 Å². The summed E-state index contributed by atoms with van der Waals surface area (Å²) in [6, 6.07) is 27.6. The first-order chi connectivity index (χ1) is 57.8. The van der Waals surface area contributed by atoms with E-state index in [0.29, 0.717) is 83.9 Å². The Bertz CT molecular complexity index is 5100. The lowest BCUT2D eigenvalue weighted by molar-refractivity contribution is -0.141. The molecule has 636 valence electrons. The van der Waals surface area contributed by atoms with Gasteiger partial charge >= 0.3 is 6.09 Å². The number of aromatic hydroxyl groups is 2. The van der Waals surface area contributed by atoms with Gasteiger partial charge in [-0.1, -0.05) is 67.5 Å². The quantitative estimate of drug-likeness (QED) is 0.0367. The molecule has 6 aliphatic heterocycles. The number of nitrogens with two attached hydrogens (primary N) is 1. The number of ether oxygens (including phenoxy) is 3. The fraction of sp³-hybridized carbons (Fsp3) is 0.544. The first kappa shape index (κ1) is 82.4. The molecule has 8 aliphatic rings. The smallest absolute Gasteiger partial charge is 0.410 e. The second-order valence-electron chi connectivity index (χ2n) is 36.6. The molecule has 0 radical (unpaired) electrons. The van der Waals surface area contributed by atoms with Crippen molar-refractivity contribution in [3.63, 3.8) is 0 Å². The molecule has 7 N–H and O–H groups in total. The molecule has 6 aromatic heterocycles. The third-order valence-corrected chi connectivity index (χ3v) is 28.4. The van der Waals surface area contributed by atoms with Crippen LogP contribution in [0.2, 0.25) is 0 Å². The van der Waals surface area contributed by atoms with E-state index in [9.17, 15) is 24.9 Å². The zero-order valence-corrected chi connectivity index (χ0v) is 71.2. The van der Waals surface area contributed by atoms with Gasteiger partial charge in [-0.2, -0.15) is 10.2 Å². The molecule has 17 rings (SSSR count). The van der Waals surface area contributed by atoms with Crippen molar-refractivity contribution in [1.29, 1.82) is 0 Å². The number of aliphatic hydroxyl groups is 1. The molecular weight excluding hydrogens is 1540 g/mol. The van der Waals surface area contributed by atoms with Gasteiger partial charge in [0.2, 0.25) is 11.8 Å². The van der Waals surface area contributed by atoms with Gasteiger partial charge in [0.05, 0.1) is 95.7 Å². The summed E-state index contributed by atoms with van der Waals surface area (Å²) in [5.74, 6) is 0.698. The van der Waals surface area contributed by atoms with Crippen LogP contribution in [0.3, 0.4) is 0 Å². The Morgan fingerprint density at radius 2 is 1.23 bits per heavy atom.